The number of aromatic nitrogens is 1. The first kappa shape index (κ1) is 17.4. The van der Waals surface area contributed by atoms with Crippen LogP contribution in [-0.2, 0) is 16.1 Å². The van der Waals surface area contributed by atoms with Crippen LogP contribution in [0.2, 0.25) is 0 Å². The highest BCUT2D eigenvalue weighted by Gasteiger charge is 2.15. The molecule has 2 aromatic rings. The molecule has 0 atom stereocenters. The minimum absolute atomic E-state index is 0.00855. The van der Waals surface area contributed by atoms with Crippen LogP contribution in [0, 0.1) is 0 Å². The van der Waals surface area contributed by atoms with Crippen molar-refractivity contribution in [2.45, 2.75) is 13.0 Å². The monoisotopic (exact) mass is 340 g/mol. The molecule has 1 aliphatic heterocycles. The van der Waals surface area contributed by atoms with Crippen LogP contribution in [0.1, 0.15) is 12.1 Å². The molecule has 0 saturated carbocycles. The number of carbonyl (C=O) groups excluding carboxylic acids is 1. The first-order valence-corrected chi connectivity index (χ1v) is 8.65. The van der Waals surface area contributed by atoms with E-state index in [2.05, 4.69) is 20.5 Å². The fraction of sp³-hybridized carbons (Fsp3) is 0.368. The van der Waals surface area contributed by atoms with Gasteiger partial charge in [0.2, 0.25) is 5.91 Å². The van der Waals surface area contributed by atoms with Crippen molar-refractivity contribution in [2.24, 2.45) is 0 Å². The fourth-order valence-electron chi connectivity index (χ4n) is 2.79. The molecule has 6 heteroatoms. The van der Waals surface area contributed by atoms with Gasteiger partial charge in [0, 0.05) is 38.8 Å². The molecule has 132 valence electrons. The Kier molecular flexibility index (Phi) is 6.36. The Hall–Kier alpha value is -2.44. The maximum atomic E-state index is 12.2. The van der Waals surface area contributed by atoms with Gasteiger partial charge in [-0.25, -0.2) is 0 Å². The van der Waals surface area contributed by atoms with Gasteiger partial charge < -0.3 is 20.3 Å². The number of nitrogens with one attached hydrogen (secondary N) is 2. The van der Waals surface area contributed by atoms with Gasteiger partial charge in [-0.3, -0.25) is 9.78 Å². The van der Waals surface area contributed by atoms with E-state index in [0.717, 1.165) is 43.4 Å². The maximum absolute atomic E-state index is 12.2. The molecular weight excluding hydrogens is 316 g/mol. The molecule has 1 aromatic carbocycles. The van der Waals surface area contributed by atoms with Crippen LogP contribution in [0.5, 0.6) is 0 Å². The van der Waals surface area contributed by atoms with E-state index in [1.54, 1.807) is 6.20 Å². The Morgan fingerprint density at radius 1 is 1.12 bits per heavy atom. The molecule has 6 nitrogen and oxygen atoms in total. The minimum atomic E-state index is 0.00855. The van der Waals surface area contributed by atoms with Crippen LogP contribution in [0.3, 0.4) is 0 Å². The van der Waals surface area contributed by atoms with E-state index in [1.807, 2.05) is 42.5 Å². The molecule has 2 heterocycles. The van der Waals surface area contributed by atoms with Crippen molar-refractivity contribution in [1.82, 2.24) is 10.3 Å². The number of pyridine rings is 1. The molecule has 0 aliphatic carbocycles. The maximum Gasteiger partial charge on any atom is 0.225 e. The smallest absolute Gasteiger partial charge is 0.225 e. The van der Waals surface area contributed by atoms with Crippen molar-refractivity contribution < 1.29 is 9.53 Å². The predicted octanol–water partition coefficient (Wildman–Crippen LogP) is 2.04. The molecule has 1 amide bonds. The van der Waals surface area contributed by atoms with Crippen LogP contribution in [0.4, 0.5) is 11.4 Å². The lowest BCUT2D eigenvalue weighted by molar-refractivity contribution is -0.116. The Labute approximate surface area is 148 Å². The lowest BCUT2D eigenvalue weighted by Gasteiger charge is -2.30. The second-order valence-electron chi connectivity index (χ2n) is 5.91. The van der Waals surface area contributed by atoms with E-state index in [4.69, 9.17) is 4.74 Å². The van der Waals surface area contributed by atoms with E-state index in [1.165, 1.54) is 0 Å². The number of nitrogens with zero attached hydrogens (tertiary/aromatic N) is 2. The Morgan fingerprint density at radius 3 is 2.72 bits per heavy atom. The molecule has 2 N–H and O–H groups in total. The predicted molar refractivity (Wildman–Crippen MR) is 98.7 cm³/mol. The van der Waals surface area contributed by atoms with Crippen LogP contribution < -0.4 is 15.5 Å². The van der Waals surface area contributed by atoms with E-state index >= 15 is 0 Å². The quantitative estimate of drug-likeness (QED) is 0.755. The van der Waals surface area contributed by atoms with Gasteiger partial charge in [-0.2, -0.15) is 0 Å². The molecule has 1 aliphatic rings. The standard InChI is InChI=1S/C19H24N4O2/c24-19(8-10-20-15-16-5-3-4-9-21-16)22-17-6-1-2-7-18(17)23-11-13-25-14-12-23/h1-7,9,20H,8,10-15H2,(H,22,24). The summed E-state index contributed by atoms with van der Waals surface area (Å²) in [6.07, 6.45) is 2.19. The van der Waals surface area contributed by atoms with Gasteiger partial charge in [0.05, 0.1) is 30.3 Å². The second kappa shape index (κ2) is 9.15. The number of anilines is 2. The zero-order valence-electron chi connectivity index (χ0n) is 14.3. The summed E-state index contributed by atoms with van der Waals surface area (Å²) in [6.45, 7) is 4.41. The summed E-state index contributed by atoms with van der Waals surface area (Å²) < 4.78 is 5.40. The van der Waals surface area contributed by atoms with E-state index < -0.39 is 0 Å². The molecule has 0 spiro atoms. The first-order valence-electron chi connectivity index (χ1n) is 8.65. The van der Waals surface area contributed by atoms with Crippen LogP contribution >= 0.6 is 0 Å². The zero-order chi connectivity index (χ0) is 17.3. The number of para-hydroxylation sites is 2. The fourth-order valence-corrected chi connectivity index (χ4v) is 2.79. The number of rotatable bonds is 7. The number of ether oxygens (including phenoxy) is 1. The average molecular weight is 340 g/mol. The third-order valence-electron chi connectivity index (χ3n) is 4.09. The summed E-state index contributed by atoms with van der Waals surface area (Å²) in [5, 5.41) is 6.28. The van der Waals surface area contributed by atoms with Gasteiger partial charge in [-0.15, -0.1) is 0 Å². The Balaban J connectivity index is 1.47. The lowest BCUT2D eigenvalue weighted by Crippen LogP contribution is -2.36. The van der Waals surface area contributed by atoms with E-state index in [-0.39, 0.29) is 5.91 Å². The highest BCUT2D eigenvalue weighted by atomic mass is 16.5. The number of hydrogen-bond acceptors (Lipinski definition) is 5. The van der Waals surface area contributed by atoms with Crippen LogP contribution in [-0.4, -0.2) is 43.7 Å². The van der Waals surface area contributed by atoms with E-state index in [0.29, 0.717) is 19.5 Å². The summed E-state index contributed by atoms with van der Waals surface area (Å²) in [6, 6.07) is 13.7. The van der Waals surface area contributed by atoms with Gasteiger partial charge in [0.25, 0.3) is 0 Å². The summed E-state index contributed by atoms with van der Waals surface area (Å²) in [5.41, 5.74) is 2.89. The largest absolute Gasteiger partial charge is 0.378 e. The second-order valence-corrected chi connectivity index (χ2v) is 5.91. The van der Waals surface area contributed by atoms with Crippen LogP contribution in [0.15, 0.2) is 48.7 Å². The SMILES string of the molecule is O=C(CCNCc1ccccn1)Nc1ccccc1N1CCOCC1. The van der Waals surface area contributed by atoms with E-state index in [9.17, 15) is 4.79 Å². The van der Waals surface area contributed by atoms with Gasteiger partial charge in [-0.1, -0.05) is 18.2 Å². The Bertz CT molecular complexity index is 672. The molecule has 1 saturated heterocycles. The molecule has 1 aromatic heterocycles. The summed E-state index contributed by atoms with van der Waals surface area (Å²) in [5.74, 6) is 0.00855. The van der Waals surface area contributed by atoms with Crippen molar-refractivity contribution >= 4 is 17.3 Å². The number of amides is 1. The molecule has 1 fully saturated rings. The van der Waals surface area contributed by atoms with Crippen molar-refractivity contribution in [3.63, 3.8) is 0 Å². The van der Waals surface area contributed by atoms with Gasteiger partial charge in [0.1, 0.15) is 0 Å². The molecule has 0 bridgehead atoms. The third-order valence-corrected chi connectivity index (χ3v) is 4.09. The molecular formula is C19H24N4O2. The highest BCUT2D eigenvalue weighted by molar-refractivity contribution is 5.94. The summed E-state index contributed by atoms with van der Waals surface area (Å²) in [7, 11) is 0. The van der Waals surface area contributed by atoms with Gasteiger partial charge >= 0.3 is 0 Å². The topological polar surface area (TPSA) is 66.5 Å². The zero-order valence-corrected chi connectivity index (χ0v) is 14.3. The highest BCUT2D eigenvalue weighted by Crippen LogP contribution is 2.26. The van der Waals surface area contributed by atoms with Crippen molar-refractivity contribution in [3.05, 3.63) is 54.4 Å². The number of carbonyl (C=O) groups is 1. The van der Waals surface area contributed by atoms with Gasteiger partial charge in [0.15, 0.2) is 0 Å². The van der Waals surface area contributed by atoms with Crippen LogP contribution in [0.25, 0.3) is 0 Å². The van der Waals surface area contributed by atoms with Crippen molar-refractivity contribution in [3.8, 4) is 0 Å². The average Bonchev–Trinajstić information content (AvgIpc) is 2.67. The molecule has 25 heavy (non-hydrogen) atoms. The Morgan fingerprint density at radius 2 is 1.92 bits per heavy atom. The number of benzene rings is 1. The van der Waals surface area contributed by atoms with Crippen molar-refractivity contribution in [2.75, 3.05) is 43.1 Å². The normalized spacial score (nSPS) is 14.3. The number of morpholine rings is 1. The first-order chi connectivity index (χ1) is 12.3. The van der Waals surface area contributed by atoms with Gasteiger partial charge in [-0.05, 0) is 24.3 Å². The minimum Gasteiger partial charge on any atom is -0.378 e. The summed E-state index contributed by atoms with van der Waals surface area (Å²) in [4.78, 5) is 18.7. The number of hydrogen-bond donors (Lipinski definition) is 2. The molecule has 0 radical (unpaired) electrons. The summed E-state index contributed by atoms with van der Waals surface area (Å²) >= 11 is 0. The molecule has 3 rings (SSSR count). The third kappa shape index (κ3) is 5.27. The lowest BCUT2D eigenvalue weighted by atomic mass is 10.2. The van der Waals surface area contributed by atoms with Crippen molar-refractivity contribution in [1.29, 1.82) is 0 Å². The molecule has 0 unspecified atom stereocenters.